The smallest absolute Gasteiger partial charge is 0.118 e. The fraction of sp³-hybridized carbons (Fsp3) is 0.625. The van der Waals surface area contributed by atoms with Crippen molar-refractivity contribution in [2.24, 2.45) is 5.73 Å². The second-order valence-corrected chi connectivity index (χ2v) is 5.57. The van der Waals surface area contributed by atoms with Crippen LogP contribution in [0.15, 0.2) is 24.3 Å². The molecule has 0 amide bonds. The number of benzene rings is 1. The molecule has 1 fully saturated rings. The van der Waals surface area contributed by atoms with Crippen molar-refractivity contribution in [2.75, 3.05) is 26.8 Å². The molecule has 3 unspecified atom stereocenters. The zero-order valence-corrected chi connectivity index (χ0v) is 12.7. The Hall–Kier alpha value is -1.10. The first kappa shape index (κ1) is 15.3. The van der Waals surface area contributed by atoms with Crippen molar-refractivity contribution >= 4 is 0 Å². The molecule has 1 aromatic carbocycles. The molecule has 2 rings (SSSR count). The number of rotatable bonds is 4. The van der Waals surface area contributed by atoms with E-state index in [0.29, 0.717) is 6.04 Å². The van der Waals surface area contributed by atoms with Gasteiger partial charge in [-0.15, -0.1) is 0 Å². The number of hydrogen-bond acceptors (Lipinski definition) is 4. The van der Waals surface area contributed by atoms with Gasteiger partial charge in [-0.25, -0.2) is 0 Å². The summed E-state index contributed by atoms with van der Waals surface area (Å²) >= 11 is 0. The standard InChI is InChI=1S/C16H26N2O2/c1-12-11-18(9-4-10-20-12)13(2)16(17)14-5-7-15(19-3)8-6-14/h5-8,12-13,16H,4,9-11,17H2,1-3H3. The van der Waals surface area contributed by atoms with E-state index in [0.717, 1.165) is 37.4 Å². The molecule has 112 valence electrons. The molecule has 1 heterocycles. The molecular weight excluding hydrogens is 252 g/mol. The summed E-state index contributed by atoms with van der Waals surface area (Å²) in [6, 6.07) is 8.35. The highest BCUT2D eigenvalue weighted by molar-refractivity contribution is 5.29. The molecule has 20 heavy (non-hydrogen) atoms. The predicted octanol–water partition coefficient (Wildman–Crippen LogP) is 2.19. The first-order valence-electron chi connectivity index (χ1n) is 7.37. The number of ether oxygens (including phenoxy) is 2. The second-order valence-electron chi connectivity index (χ2n) is 5.57. The van der Waals surface area contributed by atoms with Gasteiger partial charge >= 0.3 is 0 Å². The van der Waals surface area contributed by atoms with E-state index in [1.165, 1.54) is 0 Å². The number of hydrogen-bond donors (Lipinski definition) is 1. The second kappa shape index (κ2) is 7.07. The van der Waals surface area contributed by atoms with Gasteiger partial charge < -0.3 is 15.2 Å². The molecule has 0 saturated carbocycles. The molecule has 4 heteroatoms. The van der Waals surface area contributed by atoms with E-state index in [9.17, 15) is 0 Å². The van der Waals surface area contributed by atoms with Gasteiger partial charge in [0.15, 0.2) is 0 Å². The minimum absolute atomic E-state index is 0.00575. The van der Waals surface area contributed by atoms with Crippen LogP contribution in [0, 0.1) is 0 Å². The Labute approximate surface area is 121 Å². The minimum Gasteiger partial charge on any atom is -0.497 e. The van der Waals surface area contributed by atoms with Gasteiger partial charge in [0.05, 0.1) is 13.2 Å². The largest absolute Gasteiger partial charge is 0.497 e. The molecule has 0 bridgehead atoms. The van der Waals surface area contributed by atoms with Crippen LogP contribution >= 0.6 is 0 Å². The molecule has 2 N–H and O–H groups in total. The van der Waals surface area contributed by atoms with Crippen LogP contribution in [-0.2, 0) is 4.74 Å². The molecule has 3 atom stereocenters. The van der Waals surface area contributed by atoms with E-state index in [-0.39, 0.29) is 12.1 Å². The van der Waals surface area contributed by atoms with Crippen LogP contribution in [-0.4, -0.2) is 43.9 Å². The minimum atomic E-state index is 0.00575. The third-order valence-electron chi connectivity index (χ3n) is 4.08. The van der Waals surface area contributed by atoms with E-state index in [4.69, 9.17) is 15.2 Å². The van der Waals surface area contributed by atoms with Crippen molar-refractivity contribution in [3.8, 4) is 5.75 Å². The summed E-state index contributed by atoms with van der Waals surface area (Å²) in [6.45, 7) is 7.18. The maximum absolute atomic E-state index is 6.43. The van der Waals surface area contributed by atoms with Crippen molar-refractivity contribution in [2.45, 2.75) is 38.5 Å². The maximum Gasteiger partial charge on any atom is 0.118 e. The van der Waals surface area contributed by atoms with Crippen LogP contribution in [0.4, 0.5) is 0 Å². The van der Waals surface area contributed by atoms with Crippen LogP contribution in [0.25, 0.3) is 0 Å². The summed E-state index contributed by atoms with van der Waals surface area (Å²) in [5, 5.41) is 0. The SMILES string of the molecule is COc1ccc(C(N)C(C)N2CCCOC(C)C2)cc1. The molecule has 1 aromatic rings. The first-order valence-corrected chi connectivity index (χ1v) is 7.37. The molecule has 1 aliphatic heterocycles. The number of nitrogens with zero attached hydrogens (tertiary/aromatic N) is 1. The van der Waals surface area contributed by atoms with E-state index < -0.39 is 0 Å². The topological polar surface area (TPSA) is 47.7 Å². The monoisotopic (exact) mass is 278 g/mol. The van der Waals surface area contributed by atoms with Gasteiger partial charge in [-0.3, -0.25) is 4.90 Å². The molecule has 0 spiro atoms. The Morgan fingerprint density at radius 1 is 1.35 bits per heavy atom. The normalized spacial score (nSPS) is 23.9. The fourth-order valence-electron chi connectivity index (χ4n) is 2.73. The third kappa shape index (κ3) is 3.72. The van der Waals surface area contributed by atoms with Gasteiger partial charge in [-0.1, -0.05) is 12.1 Å². The zero-order valence-electron chi connectivity index (χ0n) is 12.7. The fourth-order valence-corrected chi connectivity index (χ4v) is 2.73. The summed E-state index contributed by atoms with van der Waals surface area (Å²) in [5.74, 6) is 0.866. The Kier molecular flexibility index (Phi) is 5.40. The molecule has 0 radical (unpaired) electrons. The summed E-state index contributed by atoms with van der Waals surface area (Å²) in [4.78, 5) is 2.44. The van der Waals surface area contributed by atoms with E-state index in [1.807, 2.05) is 12.1 Å². The average molecular weight is 278 g/mol. The lowest BCUT2D eigenvalue weighted by atomic mass is 9.99. The van der Waals surface area contributed by atoms with Gasteiger partial charge in [0.1, 0.15) is 5.75 Å². The van der Waals surface area contributed by atoms with Crippen molar-refractivity contribution in [3.05, 3.63) is 29.8 Å². The van der Waals surface area contributed by atoms with E-state index in [1.54, 1.807) is 7.11 Å². The molecule has 0 aliphatic carbocycles. The Morgan fingerprint density at radius 3 is 2.70 bits per heavy atom. The lowest BCUT2D eigenvalue weighted by molar-refractivity contribution is 0.0597. The van der Waals surface area contributed by atoms with Crippen LogP contribution in [0.2, 0.25) is 0 Å². The lowest BCUT2D eigenvalue weighted by Gasteiger charge is -2.33. The van der Waals surface area contributed by atoms with Crippen molar-refractivity contribution in [1.29, 1.82) is 0 Å². The van der Waals surface area contributed by atoms with Crippen LogP contribution in [0.5, 0.6) is 5.75 Å². The van der Waals surface area contributed by atoms with Crippen molar-refractivity contribution < 1.29 is 9.47 Å². The molecule has 0 aromatic heterocycles. The maximum atomic E-state index is 6.43. The van der Waals surface area contributed by atoms with Gasteiger partial charge in [-0.05, 0) is 38.0 Å². The zero-order chi connectivity index (χ0) is 14.5. The average Bonchev–Trinajstić information content (AvgIpc) is 2.70. The Balaban J connectivity index is 2.04. The highest BCUT2D eigenvalue weighted by atomic mass is 16.5. The molecule has 4 nitrogen and oxygen atoms in total. The summed E-state index contributed by atoms with van der Waals surface area (Å²) in [5.41, 5.74) is 7.58. The van der Waals surface area contributed by atoms with Crippen LogP contribution in [0.3, 0.4) is 0 Å². The Bertz CT molecular complexity index is 407. The quantitative estimate of drug-likeness (QED) is 0.917. The summed E-state index contributed by atoms with van der Waals surface area (Å²) in [7, 11) is 1.68. The molecular formula is C16H26N2O2. The third-order valence-corrected chi connectivity index (χ3v) is 4.08. The molecule has 1 aliphatic rings. The van der Waals surface area contributed by atoms with Gasteiger partial charge in [0.25, 0.3) is 0 Å². The van der Waals surface area contributed by atoms with Crippen LogP contribution in [0.1, 0.15) is 31.9 Å². The summed E-state index contributed by atoms with van der Waals surface area (Å²) in [6.07, 6.45) is 1.35. The lowest BCUT2D eigenvalue weighted by Crippen LogP contribution is -2.43. The van der Waals surface area contributed by atoms with Crippen molar-refractivity contribution in [3.63, 3.8) is 0 Å². The van der Waals surface area contributed by atoms with Gasteiger partial charge in [0.2, 0.25) is 0 Å². The highest BCUT2D eigenvalue weighted by Gasteiger charge is 2.25. The van der Waals surface area contributed by atoms with Gasteiger partial charge in [0, 0.05) is 31.8 Å². The molecule has 1 saturated heterocycles. The highest BCUT2D eigenvalue weighted by Crippen LogP contribution is 2.22. The van der Waals surface area contributed by atoms with Gasteiger partial charge in [-0.2, -0.15) is 0 Å². The van der Waals surface area contributed by atoms with Crippen molar-refractivity contribution in [1.82, 2.24) is 4.90 Å². The first-order chi connectivity index (χ1) is 9.61. The van der Waals surface area contributed by atoms with E-state index in [2.05, 4.69) is 30.9 Å². The Morgan fingerprint density at radius 2 is 2.05 bits per heavy atom. The number of methoxy groups -OCH3 is 1. The van der Waals surface area contributed by atoms with E-state index >= 15 is 0 Å². The number of nitrogens with two attached hydrogens (primary N) is 1. The summed E-state index contributed by atoms with van der Waals surface area (Å²) < 4.78 is 10.9. The predicted molar refractivity (Wildman–Crippen MR) is 81.0 cm³/mol. The van der Waals surface area contributed by atoms with Crippen LogP contribution < -0.4 is 10.5 Å².